The maximum atomic E-state index is 11.7. The Balaban J connectivity index is 2.21. The standard InChI is InChI=1S/C15H24N2O2/c1-11(2)10-12(3)17-15(18)8-9-19-14-6-4-13(16)5-7-14/h4-7,11-12H,8-10,16H2,1-3H3,(H,17,18). The SMILES string of the molecule is CC(C)CC(C)NC(=O)CCOc1ccc(N)cc1. The van der Waals surface area contributed by atoms with Gasteiger partial charge in [0.15, 0.2) is 0 Å². The largest absolute Gasteiger partial charge is 0.493 e. The number of rotatable bonds is 7. The Morgan fingerprint density at radius 3 is 2.47 bits per heavy atom. The number of hydrogen-bond acceptors (Lipinski definition) is 3. The third kappa shape index (κ3) is 6.70. The van der Waals surface area contributed by atoms with E-state index in [1.54, 1.807) is 24.3 Å². The van der Waals surface area contributed by atoms with Gasteiger partial charge in [-0.3, -0.25) is 4.79 Å². The van der Waals surface area contributed by atoms with Crippen LogP contribution < -0.4 is 15.8 Å². The fourth-order valence-electron chi connectivity index (χ4n) is 1.94. The van der Waals surface area contributed by atoms with Crippen molar-refractivity contribution in [3.05, 3.63) is 24.3 Å². The Labute approximate surface area is 115 Å². The molecule has 0 bridgehead atoms. The minimum Gasteiger partial charge on any atom is -0.493 e. The fraction of sp³-hybridized carbons (Fsp3) is 0.533. The van der Waals surface area contributed by atoms with Gasteiger partial charge in [0.05, 0.1) is 13.0 Å². The van der Waals surface area contributed by atoms with Gasteiger partial charge < -0.3 is 15.8 Å². The molecule has 0 aliphatic carbocycles. The van der Waals surface area contributed by atoms with Gasteiger partial charge in [0.1, 0.15) is 5.75 Å². The number of nitrogen functional groups attached to an aromatic ring is 1. The van der Waals surface area contributed by atoms with E-state index in [1.807, 2.05) is 6.92 Å². The number of carbonyl (C=O) groups is 1. The summed E-state index contributed by atoms with van der Waals surface area (Å²) in [6, 6.07) is 7.37. The van der Waals surface area contributed by atoms with Crippen LogP contribution in [0.4, 0.5) is 5.69 Å². The fourth-order valence-corrected chi connectivity index (χ4v) is 1.94. The molecule has 0 fully saturated rings. The third-order valence-electron chi connectivity index (χ3n) is 2.71. The van der Waals surface area contributed by atoms with Crippen molar-refractivity contribution in [2.75, 3.05) is 12.3 Å². The molecule has 4 heteroatoms. The van der Waals surface area contributed by atoms with E-state index < -0.39 is 0 Å². The Morgan fingerprint density at radius 1 is 1.26 bits per heavy atom. The number of amides is 1. The molecule has 19 heavy (non-hydrogen) atoms. The second-order valence-corrected chi connectivity index (χ2v) is 5.27. The van der Waals surface area contributed by atoms with Gasteiger partial charge in [0.2, 0.25) is 5.91 Å². The first-order valence-electron chi connectivity index (χ1n) is 6.75. The lowest BCUT2D eigenvalue weighted by Crippen LogP contribution is -2.34. The highest BCUT2D eigenvalue weighted by atomic mass is 16.5. The number of nitrogens with two attached hydrogens (primary N) is 1. The number of anilines is 1. The molecule has 3 N–H and O–H groups in total. The van der Waals surface area contributed by atoms with Crippen molar-refractivity contribution in [1.82, 2.24) is 5.32 Å². The summed E-state index contributed by atoms with van der Waals surface area (Å²) in [5, 5.41) is 2.97. The predicted molar refractivity (Wildman–Crippen MR) is 78.0 cm³/mol. The molecular weight excluding hydrogens is 240 g/mol. The summed E-state index contributed by atoms with van der Waals surface area (Å²) in [5.74, 6) is 1.35. The minimum absolute atomic E-state index is 0.0311. The van der Waals surface area contributed by atoms with Gasteiger partial charge in [0, 0.05) is 11.7 Å². The average molecular weight is 264 g/mol. The van der Waals surface area contributed by atoms with Crippen molar-refractivity contribution in [3.8, 4) is 5.75 Å². The van der Waals surface area contributed by atoms with Crippen LogP contribution in [0, 0.1) is 5.92 Å². The van der Waals surface area contributed by atoms with Crippen LogP contribution in [0.2, 0.25) is 0 Å². The quantitative estimate of drug-likeness (QED) is 0.744. The number of benzene rings is 1. The number of nitrogens with one attached hydrogen (secondary N) is 1. The van der Waals surface area contributed by atoms with Crippen molar-refractivity contribution >= 4 is 11.6 Å². The van der Waals surface area contributed by atoms with E-state index in [4.69, 9.17) is 10.5 Å². The summed E-state index contributed by atoms with van der Waals surface area (Å²) < 4.78 is 5.48. The van der Waals surface area contributed by atoms with E-state index in [-0.39, 0.29) is 11.9 Å². The van der Waals surface area contributed by atoms with E-state index in [0.29, 0.717) is 24.6 Å². The molecule has 0 aromatic heterocycles. The number of ether oxygens (including phenoxy) is 1. The number of hydrogen-bond donors (Lipinski definition) is 2. The molecule has 0 saturated heterocycles. The van der Waals surface area contributed by atoms with Gasteiger partial charge in [-0.1, -0.05) is 13.8 Å². The van der Waals surface area contributed by atoms with Gasteiger partial charge in [0.25, 0.3) is 0 Å². The topological polar surface area (TPSA) is 64.3 Å². The highest BCUT2D eigenvalue weighted by molar-refractivity contribution is 5.76. The van der Waals surface area contributed by atoms with Gasteiger partial charge in [-0.25, -0.2) is 0 Å². The zero-order chi connectivity index (χ0) is 14.3. The van der Waals surface area contributed by atoms with Crippen molar-refractivity contribution in [3.63, 3.8) is 0 Å². The zero-order valence-electron chi connectivity index (χ0n) is 12.0. The van der Waals surface area contributed by atoms with Crippen LogP contribution in [-0.4, -0.2) is 18.6 Å². The average Bonchev–Trinajstić information content (AvgIpc) is 2.30. The molecule has 1 atom stereocenters. The molecule has 1 amide bonds. The van der Waals surface area contributed by atoms with E-state index in [9.17, 15) is 4.79 Å². The number of carbonyl (C=O) groups excluding carboxylic acids is 1. The Hall–Kier alpha value is -1.71. The van der Waals surface area contributed by atoms with E-state index in [2.05, 4.69) is 19.2 Å². The maximum Gasteiger partial charge on any atom is 0.223 e. The highest BCUT2D eigenvalue weighted by Gasteiger charge is 2.09. The molecule has 1 aromatic rings. The zero-order valence-corrected chi connectivity index (χ0v) is 12.0. The van der Waals surface area contributed by atoms with E-state index in [1.165, 1.54) is 0 Å². The molecule has 0 aliphatic rings. The van der Waals surface area contributed by atoms with Crippen LogP contribution in [0.5, 0.6) is 5.75 Å². The van der Waals surface area contributed by atoms with Crippen LogP contribution >= 0.6 is 0 Å². The molecular formula is C15H24N2O2. The van der Waals surface area contributed by atoms with Crippen molar-refractivity contribution in [1.29, 1.82) is 0 Å². The predicted octanol–water partition coefficient (Wildman–Crippen LogP) is 2.59. The van der Waals surface area contributed by atoms with E-state index in [0.717, 1.165) is 12.2 Å². The summed E-state index contributed by atoms with van der Waals surface area (Å²) in [7, 11) is 0. The van der Waals surface area contributed by atoms with Gasteiger partial charge >= 0.3 is 0 Å². The molecule has 4 nitrogen and oxygen atoms in total. The van der Waals surface area contributed by atoms with E-state index >= 15 is 0 Å². The summed E-state index contributed by atoms with van der Waals surface area (Å²) in [6.07, 6.45) is 1.36. The monoisotopic (exact) mass is 264 g/mol. The summed E-state index contributed by atoms with van der Waals surface area (Å²) in [4.78, 5) is 11.7. The lowest BCUT2D eigenvalue weighted by atomic mass is 10.1. The van der Waals surface area contributed by atoms with Crippen molar-refractivity contribution in [2.24, 2.45) is 5.92 Å². The van der Waals surface area contributed by atoms with Crippen LogP contribution in [0.3, 0.4) is 0 Å². The first-order chi connectivity index (χ1) is 8.97. The normalized spacial score (nSPS) is 12.2. The maximum absolute atomic E-state index is 11.7. The van der Waals surface area contributed by atoms with Gasteiger partial charge in [-0.05, 0) is 43.5 Å². The molecule has 1 aromatic carbocycles. The molecule has 1 unspecified atom stereocenters. The molecule has 1 rings (SSSR count). The van der Waals surface area contributed by atoms with Crippen molar-refractivity contribution in [2.45, 2.75) is 39.7 Å². The molecule has 106 valence electrons. The van der Waals surface area contributed by atoms with Gasteiger partial charge in [-0.15, -0.1) is 0 Å². The second-order valence-electron chi connectivity index (χ2n) is 5.27. The molecule has 0 radical (unpaired) electrons. The van der Waals surface area contributed by atoms with Crippen LogP contribution in [0.25, 0.3) is 0 Å². The molecule has 0 heterocycles. The molecule has 0 aliphatic heterocycles. The summed E-state index contributed by atoms with van der Waals surface area (Å²) in [5.41, 5.74) is 6.28. The highest BCUT2D eigenvalue weighted by Crippen LogP contribution is 2.13. The van der Waals surface area contributed by atoms with Crippen LogP contribution in [0.1, 0.15) is 33.6 Å². The van der Waals surface area contributed by atoms with Crippen molar-refractivity contribution < 1.29 is 9.53 Å². The summed E-state index contributed by atoms with van der Waals surface area (Å²) >= 11 is 0. The van der Waals surface area contributed by atoms with Gasteiger partial charge in [-0.2, -0.15) is 0 Å². The first-order valence-corrected chi connectivity index (χ1v) is 6.75. The lowest BCUT2D eigenvalue weighted by molar-refractivity contribution is -0.122. The summed E-state index contributed by atoms with van der Waals surface area (Å²) in [6.45, 7) is 6.70. The Kier molecular flexibility index (Phi) is 6.19. The first kappa shape index (κ1) is 15.3. The molecule has 0 spiro atoms. The van der Waals surface area contributed by atoms with Crippen LogP contribution in [-0.2, 0) is 4.79 Å². The Bertz CT molecular complexity index is 388. The molecule has 0 saturated carbocycles. The minimum atomic E-state index is 0.0311. The van der Waals surface area contributed by atoms with Crippen LogP contribution in [0.15, 0.2) is 24.3 Å². The third-order valence-corrected chi connectivity index (χ3v) is 2.71. The smallest absolute Gasteiger partial charge is 0.223 e. The second kappa shape index (κ2) is 7.67. The Morgan fingerprint density at radius 2 is 1.89 bits per heavy atom. The lowest BCUT2D eigenvalue weighted by Gasteiger charge is -2.16.